The Morgan fingerprint density at radius 2 is 0.868 bits per heavy atom. The number of pyridine rings is 4. The van der Waals surface area contributed by atoms with Gasteiger partial charge in [0.05, 0.1) is 27.8 Å². The van der Waals surface area contributed by atoms with E-state index < -0.39 is 0 Å². The summed E-state index contributed by atoms with van der Waals surface area (Å²) in [6, 6.07) is 69.3. The first-order chi connectivity index (χ1) is 33.7. The summed E-state index contributed by atoms with van der Waals surface area (Å²) >= 11 is 0. The van der Waals surface area contributed by atoms with Crippen molar-refractivity contribution in [3.05, 3.63) is 229 Å². The van der Waals surface area contributed by atoms with Crippen molar-refractivity contribution in [2.45, 2.75) is 0 Å². The Labute approximate surface area is 390 Å². The Morgan fingerprint density at radius 1 is 0.324 bits per heavy atom. The molecule has 0 bridgehead atoms. The van der Waals surface area contributed by atoms with E-state index in [2.05, 4.69) is 205 Å². The quantitative estimate of drug-likeness (QED) is 0.131. The van der Waals surface area contributed by atoms with E-state index in [1.54, 1.807) is 0 Å². The maximum absolute atomic E-state index is 5.14. The molecule has 10 aromatic carbocycles. The molecule has 0 atom stereocenters. The lowest BCUT2D eigenvalue weighted by Crippen LogP contribution is -1.92. The van der Waals surface area contributed by atoms with Gasteiger partial charge < -0.3 is 0 Å². The van der Waals surface area contributed by atoms with Crippen LogP contribution in [0.15, 0.2) is 207 Å². The standard InChI is InChI=1S/C64H36N4/c1-2-12-49-47(10-1)48-11-3-4-13-50(48)58-35-39(19-30-53(49)58)18-27-46-29-24-44-38-57(56-16-8-34-66-64(56)63(44)68-46)43-25-32-55-54-31-20-40(36-59(54)51-14-5-6-15-52(51)60(55)37-43)17-26-45-28-23-42-22-21-41-9-7-33-65-61(41)62(42)67-45/h1-17,19-26,28-38H/b26-17+. The fourth-order valence-corrected chi connectivity index (χ4v) is 10.5. The summed E-state index contributed by atoms with van der Waals surface area (Å²) in [5, 5.41) is 19.0. The molecule has 4 nitrogen and oxygen atoms in total. The van der Waals surface area contributed by atoms with Crippen molar-refractivity contribution in [3.8, 4) is 23.0 Å². The van der Waals surface area contributed by atoms with Gasteiger partial charge in [-0.2, -0.15) is 0 Å². The zero-order chi connectivity index (χ0) is 44.7. The average Bonchev–Trinajstić information content (AvgIpc) is 3.41. The van der Waals surface area contributed by atoms with E-state index in [0.717, 1.165) is 71.6 Å². The smallest absolute Gasteiger partial charge is 0.114 e. The van der Waals surface area contributed by atoms with Gasteiger partial charge in [-0.25, -0.2) is 9.97 Å². The van der Waals surface area contributed by atoms with Gasteiger partial charge in [-0.05, 0) is 154 Å². The van der Waals surface area contributed by atoms with Gasteiger partial charge in [0.25, 0.3) is 0 Å². The van der Waals surface area contributed by atoms with Crippen LogP contribution < -0.4 is 0 Å². The van der Waals surface area contributed by atoms with Crippen LogP contribution in [0.2, 0.25) is 0 Å². The predicted octanol–water partition coefficient (Wildman–Crippen LogP) is 16.0. The molecule has 0 spiro atoms. The fraction of sp³-hybridized carbons (Fsp3) is 0. The molecule has 0 unspecified atom stereocenters. The van der Waals surface area contributed by atoms with E-state index >= 15 is 0 Å². The van der Waals surface area contributed by atoms with Crippen molar-refractivity contribution >= 4 is 120 Å². The highest BCUT2D eigenvalue weighted by atomic mass is 14.8. The van der Waals surface area contributed by atoms with Crippen LogP contribution in [0.25, 0.3) is 132 Å². The molecule has 14 aromatic rings. The Bertz CT molecular complexity index is 4520. The molecule has 0 aliphatic heterocycles. The Hall–Kier alpha value is -9.30. The first-order valence-corrected chi connectivity index (χ1v) is 22.9. The van der Waals surface area contributed by atoms with Crippen molar-refractivity contribution in [2.24, 2.45) is 0 Å². The number of benzene rings is 10. The average molecular weight is 861 g/mol. The summed E-state index contributed by atoms with van der Waals surface area (Å²) in [6.07, 6.45) is 7.94. The molecule has 0 fully saturated rings. The molecule has 312 valence electrons. The Morgan fingerprint density at radius 3 is 1.60 bits per heavy atom. The van der Waals surface area contributed by atoms with Crippen molar-refractivity contribution in [2.75, 3.05) is 0 Å². The van der Waals surface area contributed by atoms with Gasteiger partial charge in [0.2, 0.25) is 0 Å². The molecule has 0 saturated carbocycles. The van der Waals surface area contributed by atoms with E-state index in [1.807, 2.05) is 30.6 Å². The highest BCUT2D eigenvalue weighted by molar-refractivity contribution is 6.27. The van der Waals surface area contributed by atoms with Gasteiger partial charge in [-0.15, -0.1) is 0 Å². The number of nitrogens with zero attached hydrogens (tertiary/aromatic N) is 4. The van der Waals surface area contributed by atoms with Gasteiger partial charge in [0.15, 0.2) is 0 Å². The minimum atomic E-state index is 0.708. The number of aromatic nitrogens is 4. The number of hydrogen-bond donors (Lipinski definition) is 0. The van der Waals surface area contributed by atoms with E-state index in [9.17, 15) is 0 Å². The maximum Gasteiger partial charge on any atom is 0.114 e. The van der Waals surface area contributed by atoms with Crippen LogP contribution in [-0.2, 0) is 0 Å². The zero-order valence-electron chi connectivity index (χ0n) is 36.6. The van der Waals surface area contributed by atoms with Gasteiger partial charge in [0, 0.05) is 39.5 Å². The second-order valence-corrected chi connectivity index (χ2v) is 17.6. The normalized spacial score (nSPS) is 11.9. The van der Waals surface area contributed by atoms with Crippen LogP contribution in [0.4, 0.5) is 0 Å². The summed E-state index contributed by atoms with van der Waals surface area (Å²) in [4.78, 5) is 19.7. The number of rotatable bonds is 3. The third-order valence-corrected chi connectivity index (χ3v) is 13.7. The largest absolute Gasteiger partial charge is 0.254 e. The van der Waals surface area contributed by atoms with Crippen LogP contribution in [0.1, 0.15) is 22.5 Å². The Kier molecular flexibility index (Phi) is 8.46. The highest BCUT2D eigenvalue weighted by Crippen LogP contribution is 2.41. The summed E-state index contributed by atoms with van der Waals surface area (Å²) in [5.74, 6) is 6.84. The maximum atomic E-state index is 5.14. The van der Waals surface area contributed by atoms with Crippen molar-refractivity contribution in [1.82, 2.24) is 19.9 Å². The molecule has 0 radical (unpaired) electrons. The molecular formula is C64H36N4. The molecule has 0 saturated heterocycles. The predicted molar refractivity (Wildman–Crippen MR) is 286 cm³/mol. The van der Waals surface area contributed by atoms with Gasteiger partial charge >= 0.3 is 0 Å². The second-order valence-electron chi connectivity index (χ2n) is 17.6. The summed E-state index contributed by atoms with van der Waals surface area (Å²) in [7, 11) is 0. The summed E-state index contributed by atoms with van der Waals surface area (Å²) < 4.78 is 0. The third-order valence-electron chi connectivity index (χ3n) is 13.7. The van der Waals surface area contributed by atoms with Crippen LogP contribution in [0.5, 0.6) is 0 Å². The molecule has 4 aromatic heterocycles. The first-order valence-electron chi connectivity index (χ1n) is 22.9. The molecule has 68 heavy (non-hydrogen) atoms. The lowest BCUT2D eigenvalue weighted by Gasteiger charge is -2.14. The molecule has 4 heteroatoms. The van der Waals surface area contributed by atoms with Crippen LogP contribution in [0, 0.1) is 11.8 Å². The van der Waals surface area contributed by atoms with Crippen molar-refractivity contribution < 1.29 is 0 Å². The topological polar surface area (TPSA) is 51.6 Å². The molecule has 0 aliphatic carbocycles. The molecule has 0 amide bonds. The summed E-state index contributed by atoms with van der Waals surface area (Å²) in [6.45, 7) is 0. The molecule has 0 aliphatic rings. The van der Waals surface area contributed by atoms with Gasteiger partial charge in [-0.1, -0.05) is 145 Å². The minimum absolute atomic E-state index is 0.708. The lowest BCUT2D eigenvalue weighted by molar-refractivity contribution is 1.34. The van der Waals surface area contributed by atoms with E-state index in [-0.39, 0.29) is 0 Å². The highest BCUT2D eigenvalue weighted by Gasteiger charge is 2.15. The van der Waals surface area contributed by atoms with Gasteiger partial charge in [-0.3, -0.25) is 9.97 Å². The van der Waals surface area contributed by atoms with Crippen molar-refractivity contribution in [3.63, 3.8) is 0 Å². The van der Waals surface area contributed by atoms with E-state index in [4.69, 9.17) is 15.0 Å². The monoisotopic (exact) mass is 860 g/mol. The van der Waals surface area contributed by atoms with Gasteiger partial charge in [0.1, 0.15) is 5.69 Å². The van der Waals surface area contributed by atoms with Crippen LogP contribution in [0.3, 0.4) is 0 Å². The fourth-order valence-electron chi connectivity index (χ4n) is 10.5. The first kappa shape index (κ1) is 38.0. The lowest BCUT2D eigenvalue weighted by atomic mass is 9.90. The van der Waals surface area contributed by atoms with Crippen LogP contribution in [-0.4, -0.2) is 19.9 Å². The summed E-state index contributed by atoms with van der Waals surface area (Å²) in [5.41, 5.74) is 9.47. The Balaban J connectivity index is 0.834. The van der Waals surface area contributed by atoms with Crippen molar-refractivity contribution in [1.29, 1.82) is 0 Å². The number of fused-ring (bicyclic) bond motifs is 18. The molecule has 0 N–H and O–H groups in total. The van der Waals surface area contributed by atoms with Crippen LogP contribution >= 0.6 is 0 Å². The molecule has 14 rings (SSSR count). The number of hydrogen-bond acceptors (Lipinski definition) is 4. The zero-order valence-corrected chi connectivity index (χ0v) is 36.6. The molecule has 4 heterocycles. The SMILES string of the molecule is C(#Cc1ccc2cc(-c3ccc4c5ccc(/C=C/c6ccc7ccc8cccnc8c7n6)cc5c5ccccc5c4c3)c3cccnc3c2n1)c1ccc2c3ccccc3c3ccccc3c2c1. The molecular weight excluding hydrogens is 825 g/mol. The van der Waals surface area contributed by atoms with E-state index in [1.165, 1.54) is 64.6 Å². The second kappa shape index (κ2) is 15.1. The van der Waals surface area contributed by atoms with E-state index in [0.29, 0.717) is 5.69 Å². The minimum Gasteiger partial charge on any atom is -0.254 e. The third kappa shape index (κ3) is 6.11.